The van der Waals surface area contributed by atoms with Crippen LogP contribution in [0.5, 0.6) is 23.0 Å². The first kappa shape index (κ1) is 30.4. The summed E-state index contributed by atoms with van der Waals surface area (Å²) in [4.78, 5) is 32.7. The van der Waals surface area contributed by atoms with E-state index in [4.69, 9.17) is 23.9 Å². The standard InChI is InChI=1S/C37H32N4O7/c42-34(38-15-14-27-18-39-29-9-5-4-8-28(27)29)19-41-22-40-36(25-10-12-31-33(16-25)48-23-47-31)37(41)26-11-13-30(32(17-26)46-21-35(43)44)45-20-24-6-2-1-3-7-24/h1-13,16-18,22,39H,14-15,19-21,23H2,(H,38,42)(H,43,44). The van der Waals surface area contributed by atoms with E-state index < -0.39 is 12.6 Å². The molecular formula is C37H32N4O7. The first-order valence-corrected chi connectivity index (χ1v) is 15.4. The average Bonchev–Trinajstić information content (AvgIpc) is 3.85. The Morgan fingerprint density at radius 1 is 0.896 bits per heavy atom. The Labute approximate surface area is 275 Å². The van der Waals surface area contributed by atoms with Crippen molar-refractivity contribution in [2.45, 2.75) is 19.6 Å². The van der Waals surface area contributed by atoms with Crippen LogP contribution in [-0.2, 0) is 29.2 Å². The van der Waals surface area contributed by atoms with Crippen LogP contribution in [0.4, 0.5) is 0 Å². The number of nitrogens with one attached hydrogen (secondary N) is 2. The molecule has 0 bridgehead atoms. The molecule has 0 unspecified atom stereocenters. The number of rotatable bonds is 13. The molecule has 3 heterocycles. The number of benzene rings is 4. The number of carbonyl (C=O) groups excluding carboxylic acids is 1. The molecule has 2 aromatic heterocycles. The van der Waals surface area contributed by atoms with Crippen LogP contribution in [0.1, 0.15) is 11.1 Å². The molecule has 6 aromatic rings. The molecule has 0 aliphatic carbocycles. The SMILES string of the molecule is O=C(O)COc1cc(-c2c(-c3ccc4c(c3)OCO4)ncn2CC(=O)NCCc2c[nH]c3ccccc23)ccc1OCc1ccccc1. The summed E-state index contributed by atoms with van der Waals surface area (Å²) in [5, 5.41) is 13.5. The number of aromatic amines is 1. The predicted octanol–water partition coefficient (Wildman–Crippen LogP) is 5.83. The fourth-order valence-corrected chi connectivity index (χ4v) is 5.71. The van der Waals surface area contributed by atoms with Crippen LogP contribution >= 0.6 is 0 Å². The molecule has 0 atom stereocenters. The lowest BCUT2D eigenvalue weighted by Gasteiger charge is -2.16. The van der Waals surface area contributed by atoms with Gasteiger partial charge in [0.1, 0.15) is 13.2 Å². The van der Waals surface area contributed by atoms with Gasteiger partial charge >= 0.3 is 5.97 Å². The number of carboxylic acids is 1. The zero-order chi connectivity index (χ0) is 32.9. The van der Waals surface area contributed by atoms with Crippen LogP contribution in [0.25, 0.3) is 33.4 Å². The monoisotopic (exact) mass is 644 g/mol. The fraction of sp³-hybridized carbons (Fsp3) is 0.162. The molecule has 11 heteroatoms. The summed E-state index contributed by atoms with van der Waals surface area (Å²) in [5.41, 5.74) is 5.77. The third-order valence-electron chi connectivity index (χ3n) is 7.99. The summed E-state index contributed by atoms with van der Waals surface area (Å²) in [7, 11) is 0. The van der Waals surface area contributed by atoms with Gasteiger partial charge in [-0.3, -0.25) is 4.79 Å². The van der Waals surface area contributed by atoms with Crippen molar-refractivity contribution in [2.24, 2.45) is 0 Å². The number of ether oxygens (including phenoxy) is 4. The quantitative estimate of drug-likeness (QED) is 0.143. The smallest absolute Gasteiger partial charge is 0.341 e. The summed E-state index contributed by atoms with van der Waals surface area (Å²) in [5.74, 6) is 0.561. The van der Waals surface area contributed by atoms with Gasteiger partial charge in [0, 0.05) is 34.8 Å². The number of carbonyl (C=O) groups is 2. The van der Waals surface area contributed by atoms with Gasteiger partial charge in [0.15, 0.2) is 29.6 Å². The van der Waals surface area contributed by atoms with E-state index >= 15 is 0 Å². The summed E-state index contributed by atoms with van der Waals surface area (Å²) < 4.78 is 24.6. The molecule has 11 nitrogen and oxygen atoms in total. The van der Waals surface area contributed by atoms with Crippen molar-refractivity contribution in [1.29, 1.82) is 0 Å². The minimum Gasteiger partial charge on any atom is -0.485 e. The second-order valence-corrected chi connectivity index (χ2v) is 11.2. The minimum absolute atomic E-state index is 0.00164. The van der Waals surface area contributed by atoms with Gasteiger partial charge in [0.05, 0.1) is 17.7 Å². The molecule has 7 rings (SSSR count). The zero-order valence-electron chi connectivity index (χ0n) is 25.8. The normalized spacial score (nSPS) is 11.8. The Balaban J connectivity index is 1.18. The van der Waals surface area contributed by atoms with E-state index in [2.05, 4.69) is 16.4 Å². The molecule has 0 radical (unpaired) electrons. The van der Waals surface area contributed by atoms with E-state index in [1.165, 1.54) is 0 Å². The van der Waals surface area contributed by atoms with E-state index in [1.54, 1.807) is 23.0 Å². The second kappa shape index (κ2) is 13.6. The number of fused-ring (bicyclic) bond motifs is 2. The largest absolute Gasteiger partial charge is 0.485 e. The predicted molar refractivity (Wildman–Crippen MR) is 178 cm³/mol. The minimum atomic E-state index is -1.12. The molecule has 3 N–H and O–H groups in total. The topological polar surface area (TPSA) is 137 Å². The summed E-state index contributed by atoms with van der Waals surface area (Å²) >= 11 is 0. The maximum atomic E-state index is 13.3. The summed E-state index contributed by atoms with van der Waals surface area (Å²) in [6.45, 7) is 0.299. The lowest BCUT2D eigenvalue weighted by atomic mass is 10.0. The van der Waals surface area contributed by atoms with Gasteiger partial charge in [-0.15, -0.1) is 0 Å². The van der Waals surface area contributed by atoms with Crippen LogP contribution in [-0.4, -0.2) is 51.5 Å². The molecule has 1 aliphatic heterocycles. The van der Waals surface area contributed by atoms with Crippen LogP contribution < -0.4 is 24.3 Å². The van der Waals surface area contributed by atoms with Crippen LogP contribution in [0.2, 0.25) is 0 Å². The lowest BCUT2D eigenvalue weighted by molar-refractivity contribution is -0.139. The van der Waals surface area contributed by atoms with Gasteiger partial charge in [-0.05, 0) is 60.0 Å². The third kappa shape index (κ3) is 6.66. The van der Waals surface area contributed by atoms with Crippen molar-refractivity contribution in [3.63, 3.8) is 0 Å². The van der Waals surface area contributed by atoms with E-state index in [0.29, 0.717) is 47.2 Å². The van der Waals surface area contributed by atoms with Gasteiger partial charge in [-0.25, -0.2) is 9.78 Å². The highest BCUT2D eigenvalue weighted by molar-refractivity contribution is 5.84. The molecular weight excluding hydrogens is 612 g/mol. The lowest BCUT2D eigenvalue weighted by Crippen LogP contribution is -2.29. The molecule has 0 saturated carbocycles. The Bertz CT molecular complexity index is 2090. The van der Waals surface area contributed by atoms with Gasteiger partial charge in [-0.2, -0.15) is 0 Å². The van der Waals surface area contributed by atoms with Crippen molar-refractivity contribution < 1.29 is 33.6 Å². The van der Waals surface area contributed by atoms with Crippen molar-refractivity contribution >= 4 is 22.8 Å². The molecule has 1 aliphatic rings. The Morgan fingerprint density at radius 2 is 1.71 bits per heavy atom. The van der Waals surface area contributed by atoms with Gasteiger partial charge < -0.3 is 38.9 Å². The summed E-state index contributed by atoms with van der Waals surface area (Å²) in [6.07, 6.45) is 4.26. The van der Waals surface area contributed by atoms with Crippen LogP contribution in [0, 0.1) is 0 Å². The van der Waals surface area contributed by atoms with Gasteiger partial charge in [0.2, 0.25) is 12.7 Å². The fourth-order valence-electron chi connectivity index (χ4n) is 5.71. The molecule has 1 amide bonds. The molecule has 0 spiro atoms. The van der Waals surface area contributed by atoms with Gasteiger partial charge in [0.25, 0.3) is 0 Å². The third-order valence-corrected chi connectivity index (χ3v) is 7.99. The van der Waals surface area contributed by atoms with E-state index in [9.17, 15) is 14.7 Å². The first-order valence-electron chi connectivity index (χ1n) is 15.4. The Kier molecular flexibility index (Phi) is 8.64. The maximum absolute atomic E-state index is 13.3. The van der Waals surface area contributed by atoms with Gasteiger partial charge in [-0.1, -0.05) is 48.5 Å². The number of aliphatic carboxylic acids is 1. The number of carboxylic acid groups (broad SMARTS) is 1. The highest BCUT2D eigenvalue weighted by Gasteiger charge is 2.22. The number of amides is 1. The number of H-pyrrole nitrogens is 1. The van der Waals surface area contributed by atoms with Crippen LogP contribution in [0.3, 0.4) is 0 Å². The van der Waals surface area contributed by atoms with E-state index in [1.807, 2.05) is 79.0 Å². The molecule has 4 aromatic carbocycles. The zero-order valence-corrected chi connectivity index (χ0v) is 25.8. The molecule has 0 saturated heterocycles. The Morgan fingerprint density at radius 3 is 2.58 bits per heavy atom. The first-order chi connectivity index (χ1) is 23.5. The maximum Gasteiger partial charge on any atom is 0.341 e. The van der Waals surface area contributed by atoms with Crippen molar-refractivity contribution in [1.82, 2.24) is 19.9 Å². The highest BCUT2D eigenvalue weighted by Crippen LogP contribution is 2.41. The summed E-state index contributed by atoms with van der Waals surface area (Å²) in [6, 6.07) is 28.5. The number of hydrogen-bond donors (Lipinski definition) is 3. The molecule has 48 heavy (non-hydrogen) atoms. The van der Waals surface area contributed by atoms with E-state index in [0.717, 1.165) is 27.6 Å². The number of para-hydroxylation sites is 1. The van der Waals surface area contributed by atoms with Crippen LogP contribution in [0.15, 0.2) is 104 Å². The van der Waals surface area contributed by atoms with Crippen molar-refractivity contribution in [3.05, 3.63) is 115 Å². The highest BCUT2D eigenvalue weighted by atomic mass is 16.7. The van der Waals surface area contributed by atoms with Crippen molar-refractivity contribution in [3.8, 4) is 45.5 Å². The average molecular weight is 645 g/mol. The van der Waals surface area contributed by atoms with Crippen molar-refractivity contribution in [2.75, 3.05) is 19.9 Å². The molecule has 242 valence electrons. The second-order valence-electron chi connectivity index (χ2n) is 11.2. The molecule has 0 fully saturated rings. The Hall–Kier alpha value is -6.23. The number of nitrogens with zero attached hydrogens (tertiary/aromatic N) is 2. The number of aromatic nitrogens is 3. The van der Waals surface area contributed by atoms with E-state index in [-0.39, 0.29) is 31.6 Å². The number of imidazole rings is 1. The number of hydrogen-bond acceptors (Lipinski definition) is 7.